The zero-order valence-corrected chi connectivity index (χ0v) is 31.4. The van der Waals surface area contributed by atoms with Gasteiger partial charge in [0.25, 0.3) is 11.8 Å². The van der Waals surface area contributed by atoms with Crippen LogP contribution in [0.25, 0.3) is 45.2 Å². The molecule has 1 atom stereocenters. The maximum absolute atomic E-state index is 13.8. The van der Waals surface area contributed by atoms with Crippen molar-refractivity contribution in [3.05, 3.63) is 126 Å². The second kappa shape index (κ2) is 16.0. The Balaban J connectivity index is 1.02. The molecule has 17 nitrogen and oxygen atoms in total. The van der Waals surface area contributed by atoms with Gasteiger partial charge in [0.05, 0.1) is 42.5 Å². The lowest BCUT2D eigenvalue weighted by Crippen LogP contribution is -2.19. The third-order valence-corrected chi connectivity index (χ3v) is 8.99. The van der Waals surface area contributed by atoms with Gasteiger partial charge in [-0.25, -0.2) is 9.97 Å². The Kier molecular flexibility index (Phi) is 10.2. The molecule has 0 aliphatic heterocycles. The monoisotopic (exact) mass is 779 g/mol. The number of nitrogens with zero attached hydrogens (tertiary/aromatic N) is 7. The molecule has 290 valence electrons. The highest BCUT2D eigenvalue weighted by Gasteiger charge is 2.26. The summed E-state index contributed by atoms with van der Waals surface area (Å²) in [4.78, 5) is 40.9. The maximum Gasteiger partial charge on any atom is 0.261 e. The van der Waals surface area contributed by atoms with E-state index in [0.29, 0.717) is 63.2 Å². The molecule has 6 heterocycles. The van der Waals surface area contributed by atoms with Crippen LogP contribution in [0.3, 0.4) is 0 Å². The molecule has 0 aliphatic rings. The molecule has 58 heavy (non-hydrogen) atoms. The summed E-state index contributed by atoms with van der Waals surface area (Å²) in [5.41, 5.74) is 5.76. The van der Waals surface area contributed by atoms with Gasteiger partial charge in [0.2, 0.25) is 11.8 Å². The van der Waals surface area contributed by atoms with Crippen LogP contribution in [-0.4, -0.2) is 60.6 Å². The van der Waals surface area contributed by atoms with Crippen LogP contribution in [0.2, 0.25) is 0 Å². The third kappa shape index (κ3) is 7.63. The predicted octanol–water partition coefficient (Wildman–Crippen LogP) is 7.63. The summed E-state index contributed by atoms with van der Waals surface area (Å²) in [5, 5.41) is 21.6. The number of carbonyl (C=O) groups is 2. The number of hydrogen-bond acceptors (Lipinski definition) is 15. The first kappa shape index (κ1) is 37.0. The molecule has 6 aromatic heterocycles. The molecule has 0 aliphatic carbocycles. The number of nitrogens with one attached hydrogen (secondary N) is 2. The first-order valence-electron chi connectivity index (χ1n) is 17.8. The van der Waals surface area contributed by atoms with Crippen molar-refractivity contribution in [2.75, 3.05) is 17.7 Å². The van der Waals surface area contributed by atoms with Crippen molar-refractivity contribution in [2.24, 2.45) is 0 Å². The van der Waals surface area contributed by atoms with Gasteiger partial charge in [-0.2, -0.15) is 4.98 Å². The highest BCUT2D eigenvalue weighted by atomic mass is 16.5. The van der Waals surface area contributed by atoms with E-state index in [1.165, 1.54) is 38.2 Å². The molecule has 0 saturated carbocycles. The second-order valence-corrected chi connectivity index (χ2v) is 13.0. The van der Waals surface area contributed by atoms with Crippen molar-refractivity contribution >= 4 is 23.2 Å². The van der Waals surface area contributed by atoms with Crippen molar-refractivity contribution in [2.45, 2.75) is 33.3 Å². The van der Waals surface area contributed by atoms with Gasteiger partial charge in [0, 0.05) is 17.5 Å². The number of rotatable bonds is 13. The number of benzene rings is 2. The minimum absolute atomic E-state index is 0.140. The molecule has 1 unspecified atom stereocenters. The van der Waals surface area contributed by atoms with Gasteiger partial charge in [-0.05, 0) is 44.5 Å². The molecule has 0 bridgehead atoms. The molecular weight excluding hydrogens is 747 g/mol. The summed E-state index contributed by atoms with van der Waals surface area (Å²) in [6.07, 6.45) is 7.26. The van der Waals surface area contributed by atoms with Gasteiger partial charge in [-0.1, -0.05) is 69.2 Å². The number of aromatic nitrogens is 7. The normalized spacial score (nSPS) is 11.6. The van der Waals surface area contributed by atoms with E-state index in [1.54, 1.807) is 26.0 Å². The van der Waals surface area contributed by atoms with E-state index in [4.69, 9.17) is 32.6 Å². The smallest absolute Gasteiger partial charge is 0.261 e. The Morgan fingerprint density at radius 2 is 1.36 bits per heavy atom. The molecule has 8 aromatic rings. The van der Waals surface area contributed by atoms with E-state index in [-0.39, 0.29) is 28.6 Å². The number of carbonyl (C=O) groups excluding carboxylic acids is 2. The number of hydrogen-bond donors (Lipinski definition) is 2. The van der Waals surface area contributed by atoms with Crippen molar-refractivity contribution < 1.29 is 37.2 Å². The van der Waals surface area contributed by atoms with Gasteiger partial charge in [-0.15, -0.1) is 0 Å². The van der Waals surface area contributed by atoms with Crippen LogP contribution in [0.1, 0.15) is 44.7 Å². The Bertz CT molecular complexity index is 2710. The van der Waals surface area contributed by atoms with E-state index >= 15 is 0 Å². The molecule has 8 rings (SSSR count). The zero-order valence-electron chi connectivity index (χ0n) is 31.4. The first-order valence-corrected chi connectivity index (χ1v) is 17.8. The molecule has 0 saturated heterocycles. The summed E-state index contributed by atoms with van der Waals surface area (Å²) in [6.45, 7) is 5.21. The fourth-order valence-electron chi connectivity index (χ4n) is 6.23. The SMILES string of the molecule is COc1nc(-c2cnoc2)ncc1NC(=O)c1c(-c2cccc(CC(C)Oc3nc(-c4cnoc4)ccc3NC(=O)c3c(-c4ccccc4)noc3C)c2)noc1C. The van der Waals surface area contributed by atoms with Gasteiger partial charge in [0.15, 0.2) is 5.82 Å². The maximum atomic E-state index is 13.8. The Hall–Kier alpha value is -7.95. The number of amides is 2. The van der Waals surface area contributed by atoms with Crippen molar-refractivity contribution in [3.63, 3.8) is 0 Å². The fraction of sp³-hybridized carbons (Fsp3) is 0.146. The van der Waals surface area contributed by atoms with Crippen LogP contribution in [0, 0.1) is 13.8 Å². The number of anilines is 2. The standard InChI is InChI=1S/C41H33N9O8/c1-22(56-41-31(14-13-30(47-41)28-17-43-54-20-28)45-38(51)33-23(2)57-49-35(33)26-10-6-5-7-11-26)15-25-9-8-12-27(16-25)36-34(24(3)58-50-36)39(52)46-32-19-42-37(48-40(32)53-4)29-18-44-55-21-29/h5-14,16-22H,15H2,1-4H3,(H,45,51)(H,46,52). The van der Waals surface area contributed by atoms with Crippen LogP contribution < -0.4 is 20.1 Å². The first-order chi connectivity index (χ1) is 28.2. The zero-order chi connectivity index (χ0) is 40.2. The lowest BCUT2D eigenvalue weighted by Gasteiger charge is -2.18. The molecule has 17 heteroatoms. The van der Waals surface area contributed by atoms with Gasteiger partial charge >= 0.3 is 0 Å². The van der Waals surface area contributed by atoms with Crippen LogP contribution in [-0.2, 0) is 6.42 Å². The molecule has 2 amide bonds. The van der Waals surface area contributed by atoms with Gasteiger partial charge in [0.1, 0.15) is 64.0 Å². The highest BCUT2D eigenvalue weighted by molar-refractivity contribution is 6.10. The molecule has 2 aromatic carbocycles. The number of methoxy groups -OCH3 is 1. The van der Waals surface area contributed by atoms with Crippen molar-refractivity contribution in [1.29, 1.82) is 0 Å². The molecule has 0 fully saturated rings. The Labute approximate surface area is 329 Å². The number of aryl methyl sites for hydroxylation is 2. The van der Waals surface area contributed by atoms with Crippen molar-refractivity contribution in [1.82, 2.24) is 35.6 Å². The van der Waals surface area contributed by atoms with Gasteiger partial charge in [-0.3, -0.25) is 9.59 Å². The summed E-state index contributed by atoms with van der Waals surface area (Å²) in [6, 6.07) is 20.2. The summed E-state index contributed by atoms with van der Waals surface area (Å²) < 4.78 is 32.7. The topological polar surface area (TPSA) is 219 Å². The minimum Gasteiger partial charge on any atom is -0.479 e. The van der Waals surface area contributed by atoms with E-state index in [0.717, 1.165) is 11.1 Å². The Morgan fingerprint density at radius 3 is 2.03 bits per heavy atom. The van der Waals surface area contributed by atoms with E-state index in [2.05, 4.69) is 41.2 Å². The summed E-state index contributed by atoms with van der Waals surface area (Å²) in [7, 11) is 1.43. The quantitative estimate of drug-likeness (QED) is 0.115. The molecular formula is C41H33N9O8. The average Bonchev–Trinajstić information content (AvgIpc) is 4.08. The summed E-state index contributed by atoms with van der Waals surface area (Å²) in [5.74, 6) is 0.344. The summed E-state index contributed by atoms with van der Waals surface area (Å²) >= 11 is 0. The molecule has 0 radical (unpaired) electrons. The number of ether oxygens (including phenoxy) is 2. The fourth-order valence-corrected chi connectivity index (χ4v) is 6.23. The third-order valence-electron chi connectivity index (χ3n) is 8.99. The van der Waals surface area contributed by atoms with Crippen LogP contribution in [0.4, 0.5) is 11.4 Å². The molecule has 2 N–H and O–H groups in total. The predicted molar refractivity (Wildman–Crippen MR) is 207 cm³/mol. The lowest BCUT2D eigenvalue weighted by molar-refractivity contribution is 0.101. The average molecular weight is 780 g/mol. The molecule has 0 spiro atoms. The number of pyridine rings is 1. The van der Waals surface area contributed by atoms with Crippen LogP contribution in [0.15, 0.2) is 116 Å². The highest BCUT2D eigenvalue weighted by Crippen LogP contribution is 2.33. The van der Waals surface area contributed by atoms with E-state index in [9.17, 15) is 9.59 Å². The van der Waals surface area contributed by atoms with E-state index < -0.39 is 17.9 Å². The van der Waals surface area contributed by atoms with Crippen LogP contribution in [0.5, 0.6) is 11.8 Å². The second-order valence-electron chi connectivity index (χ2n) is 13.0. The minimum atomic E-state index is -0.499. The lowest BCUT2D eigenvalue weighted by atomic mass is 10.0. The Morgan fingerprint density at radius 1 is 0.707 bits per heavy atom. The van der Waals surface area contributed by atoms with Crippen molar-refractivity contribution in [3.8, 4) is 56.9 Å². The van der Waals surface area contributed by atoms with Gasteiger partial charge < -0.3 is 38.2 Å². The van der Waals surface area contributed by atoms with Crippen LogP contribution >= 0.6 is 0 Å². The largest absolute Gasteiger partial charge is 0.479 e. The van der Waals surface area contributed by atoms with E-state index in [1.807, 2.05) is 61.5 Å².